The molecule has 0 aliphatic carbocycles. The van der Waals surface area contributed by atoms with Gasteiger partial charge in [0.25, 0.3) is 10.0 Å². The molecule has 0 amide bonds. The van der Waals surface area contributed by atoms with Gasteiger partial charge in [-0.1, -0.05) is 31.2 Å². The van der Waals surface area contributed by atoms with Gasteiger partial charge in [0.05, 0.1) is 10.3 Å². The van der Waals surface area contributed by atoms with Crippen molar-refractivity contribution in [1.82, 2.24) is 19.9 Å². The highest BCUT2D eigenvalue weighted by Gasteiger charge is 2.17. The zero-order valence-electron chi connectivity index (χ0n) is 19.1. The fraction of sp³-hybridized carbons (Fsp3) is 0.120. The monoisotopic (exact) mass is 502 g/mol. The van der Waals surface area contributed by atoms with Gasteiger partial charge >= 0.3 is 0 Å². The van der Waals surface area contributed by atoms with Crippen molar-refractivity contribution in [3.8, 4) is 11.1 Å². The number of aromatic nitrogens is 4. The van der Waals surface area contributed by atoms with E-state index >= 15 is 0 Å². The van der Waals surface area contributed by atoms with Gasteiger partial charge in [0.15, 0.2) is 0 Å². The van der Waals surface area contributed by atoms with Crippen molar-refractivity contribution in [1.29, 1.82) is 0 Å². The fourth-order valence-corrected chi connectivity index (χ4v) is 5.50. The molecular weight excluding hydrogens is 480 g/mol. The number of sulfonamides is 1. The van der Waals surface area contributed by atoms with Crippen molar-refractivity contribution in [2.45, 2.75) is 25.2 Å². The van der Waals surface area contributed by atoms with Gasteiger partial charge < -0.3 is 5.32 Å². The molecule has 3 heterocycles. The van der Waals surface area contributed by atoms with Crippen LogP contribution < -0.4 is 10.0 Å². The molecule has 3 aromatic heterocycles. The molecule has 176 valence electrons. The Balaban J connectivity index is 1.42. The molecule has 5 aromatic rings. The van der Waals surface area contributed by atoms with Crippen LogP contribution in [0.1, 0.15) is 18.2 Å². The lowest BCUT2D eigenvalue weighted by Crippen LogP contribution is -2.15. The van der Waals surface area contributed by atoms with Crippen molar-refractivity contribution in [3.63, 3.8) is 0 Å². The number of nitrogens with one attached hydrogen (secondary N) is 2. The van der Waals surface area contributed by atoms with E-state index in [1.807, 2.05) is 0 Å². The van der Waals surface area contributed by atoms with Gasteiger partial charge in [-0.3, -0.25) is 0 Å². The SMILES string of the molecule is CCc1ccc(-c2csc3ncnc(Nc4ccc(S(=O)(=O)Nc5nccc(C)n5)cc4)c23)cc1. The zero-order chi connectivity index (χ0) is 24.4. The van der Waals surface area contributed by atoms with Crippen LogP contribution in [-0.4, -0.2) is 28.4 Å². The third kappa shape index (κ3) is 4.84. The maximum Gasteiger partial charge on any atom is 0.264 e. The number of anilines is 3. The number of hydrogen-bond donors (Lipinski definition) is 2. The van der Waals surface area contributed by atoms with Crippen LogP contribution >= 0.6 is 11.3 Å². The number of thiophene rings is 1. The van der Waals surface area contributed by atoms with Crippen LogP contribution in [0, 0.1) is 6.92 Å². The first kappa shape index (κ1) is 22.9. The Morgan fingerprint density at radius 3 is 2.43 bits per heavy atom. The maximum atomic E-state index is 12.7. The summed E-state index contributed by atoms with van der Waals surface area (Å²) in [5.41, 5.74) is 4.80. The number of fused-ring (bicyclic) bond motifs is 1. The second-order valence-electron chi connectivity index (χ2n) is 7.88. The number of benzene rings is 2. The van der Waals surface area contributed by atoms with Gasteiger partial charge in [-0.05, 0) is 54.8 Å². The summed E-state index contributed by atoms with van der Waals surface area (Å²) in [6, 6.07) is 16.6. The summed E-state index contributed by atoms with van der Waals surface area (Å²) in [5.74, 6) is 0.695. The molecule has 0 aliphatic rings. The lowest BCUT2D eigenvalue weighted by atomic mass is 10.0. The minimum Gasteiger partial charge on any atom is -0.340 e. The first-order chi connectivity index (χ1) is 16.9. The Morgan fingerprint density at radius 2 is 1.71 bits per heavy atom. The third-order valence-electron chi connectivity index (χ3n) is 5.49. The Morgan fingerprint density at radius 1 is 0.943 bits per heavy atom. The van der Waals surface area contributed by atoms with Crippen LogP contribution in [0.3, 0.4) is 0 Å². The second-order valence-corrected chi connectivity index (χ2v) is 10.4. The highest BCUT2D eigenvalue weighted by molar-refractivity contribution is 7.92. The molecule has 0 aliphatic heterocycles. The molecule has 0 spiro atoms. The minimum absolute atomic E-state index is 0.0348. The Kier molecular flexibility index (Phi) is 6.14. The van der Waals surface area contributed by atoms with Gasteiger partial charge in [0.2, 0.25) is 5.95 Å². The summed E-state index contributed by atoms with van der Waals surface area (Å²) in [6.45, 7) is 3.90. The first-order valence-electron chi connectivity index (χ1n) is 10.9. The van der Waals surface area contributed by atoms with Crippen LogP contribution in [0.15, 0.2) is 77.4 Å². The van der Waals surface area contributed by atoms with Crippen LogP contribution in [0.4, 0.5) is 17.5 Å². The molecule has 5 rings (SSSR count). The summed E-state index contributed by atoms with van der Waals surface area (Å²) in [4.78, 5) is 17.9. The van der Waals surface area contributed by atoms with Crippen molar-refractivity contribution in [2.75, 3.05) is 10.0 Å². The highest BCUT2D eigenvalue weighted by Crippen LogP contribution is 2.37. The fourth-order valence-electron chi connectivity index (χ4n) is 3.63. The van der Waals surface area contributed by atoms with E-state index in [9.17, 15) is 8.42 Å². The normalized spacial score (nSPS) is 11.5. The van der Waals surface area contributed by atoms with Gasteiger partial charge in [0.1, 0.15) is 17.0 Å². The minimum atomic E-state index is -3.82. The highest BCUT2D eigenvalue weighted by atomic mass is 32.2. The molecule has 0 saturated heterocycles. The van der Waals surface area contributed by atoms with Crippen molar-refractivity contribution in [2.24, 2.45) is 0 Å². The summed E-state index contributed by atoms with van der Waals surface area (Å²) < 4.78 is 27.9. The Bertz CT molecular complexity index is 1600. The zero-order valence-corrected chi connectivity index (χ0v) is 20.7. The standard InChI is InChI=1S/C25H22N6O2S2/c1-3-17-4-6-18(7-5-17)21-14-34-24-22(21)23(27-15-28-24)30-19-8-10-20(11-9-19)35(32,33)31-25-26-13-12-16(2)29-25/h4-15H,3H2,1-2H3,(H,26,29,31)(H,27,28,30). The molecule has 10 heteroatoms. The van der Waals surface area contributed by atoms with E-state index in [1.54, 1.807) is 36.5 Å². The topological polar surface area (TPSA) is 110 Å². The Hall–Kier alpha value is -3.89. The van der Waals surface area contributed by atoms with Crippen LogP contribution in [-0.2, 0) is 16.4 Å². The number of nitrogens with zero attached hydrogens (tertiary/aromatic N) is 4. The number of rotatable bonds is 7. The molecule has 0 saturated carbocycles. The Labute approximate surface area is 207 Å². The molecule has 0 unspecified atom stereocenters. The van der Waals surface area contributed by atoms with E-state index in [0.29, 0.717) is 17.2 Å². The average molecular weight is 503 g/mol. The summed E-state index contributed by atoms with van der Waals surface area (Å²) in [5, 5.41) is 6.33. The molecule has 0 bridgehead atoms. The van der Waals surface area contributed by atoms with Crippen LogP contribution in [0.2, 0.25) is 0 Å². The maximum absolute atomic E-state index is 12.7. The van der Waals surface area contributed by atoms with E-state index in [-0.39, 0.29) is 10.8 Å². The molecule has 8 nitrogen and oxygen atoms in total. The van der Waals surface area contributed by atoms with E-state index in [1.165, 1.54) is 30.2 Å². The average Bonchev–Trinajstić information content (AvgIpc) is 3.29. The predicted molar refractivity (Wildman–Crippen MR) is 140 cm³/mol. The van der Waals surface area contributed by atoms with Gasteiger partial charge in [0, 0.05) is 28.5 Å². The van der Waals surface area contributed by atoms with Crippen LogP contribution in [0.5, 0.6) is 0 Å². The molecular formula is C25H22N6O2S2. The van der Waals surface area contributed by atoms with Gasteiger partial charge in [-0.25, -0.2) is 33.1 Å². The molecule has 2 N–H and O–H groups in total. The van der Waals surface area contributed by atoms with E-state index in [0.717, 1.165) is 27.8 Å². The van der Waals surface area contributed by atoms with Gasteiger partial charge in [-0.15, -0.1) is 11.3 Å². The van der Waals surface area contributed by atoms with E-state index in [4.69, 9.17) is 0 Å². The number of hydrogen-bond acceptors (Lipinski definition) is 8. The van der Waals surface area contributed by atoms with Crippen molar-refractivity contribution in [3.05, 3.63) is 83.8 Å². The summed E-state index contributed by atoms with van der Waals surface area (Å²) >= 11 is 1.56. The second kappa shape index (κ2) is 9.40. The number of aryl methyl sites for hydroxylation is 2. The van der Waals surface area contributed by atoms with E-state index in [2.05, 4.69) is 66.5 Å². The third-order valence-corrected chi connectivity index (χ3v) is 7.72. The van der Waals surface area contributed by atoms with E-state index < -0.39 is 10.0 Å². The molecule has 2 aromatic carbocycles. The largest absolute Gasteiger partial charge is 0.340 e. The molecule has 0 fully saturated rings. The van der Waals surface area contributed by atoms with Crippen LogP contribution in [0.25, 0.3) is 21.3 Å². The van der Waals surface area contributed by atoms with Crippen molar-refractivity contribution >= 4 is 49.0 Å². The molecule has 0 atom stereocenters. The lowest BCUT2D eigenvalue weighted by Gasteiger charge is -2.10. The summed E-state index contributed by atoms with van der Waals surface area (Å²) in [7, 11) is -3.82. The smallest absolute Gasteiger partial charge is 0.264 e. The first-order valence-corrected chi connectivity index (χ1v) is 13.3. The van der Waals surface area contributed by atoms with Gasteiger partial charge in [-0.2, -0.15) is 0 Å². The lowest BCUT2D eigenvalue weighted by molar-refractivity contribution is 0.601. The quantitative estimate of drug-likeness (QED) is 0.300. The predicted octanol–water partition coefficient (Wildman–Crippen LogP) is 5.56. The molecule has 0 radical (unpaired) electrons. The summed E-state index contributed by atoms with van der Waals surface area (Å²) in [6.07, 6.45) is 4.02. The van der Waals surface area contributed by atoms with Crippen molar-refractivity contribution < 1.29 is 8.42 Å². The molecule has 35 heavy (non-hydrogen) atoms.